The summed E-state index contributed by atoms with van der Waals surface area (Å²) in [5.41, 5.74) is 2.80. The van der Waals surface area contributed by atoms with E-state index in [4.69, 9.17) is 0 Å². The van der Waals surface area contributed by atoms with Crippen molar-refractivity contribution in [1.29, 1.82) is 0 Å². The van der Waals surface area contributed by atoms with Gasteiger partial charge in [-0.15, -0.1) is 0 Å². The molecule has 0 spiro atoms. The summed E-state index contributed by atoms with van der Waals surface area (Å²) < 4.78 is 0. The summed E-state index contributed by atoms with van der Waals surface area (Å²) in [6, 6.07) is 8.55. The fourth-order valence-electron chi connectivity index (χ4n) is 3.84. The minimum atomic E-state index is -0.370. The molecular formula is C18H26N2O2. The highest BCUT2D eigenvalue weighted by atomic mass is 16.3. The first-order valence-corrected chi connectivity index (χ1v) is 8.38. The minimum absolute atomic E-state index is 0.0128. The summed E-state index contributed by atoms with van der Waals surface area (Å²) >= 11 is 0. The molecule has 0 radical (unpaired) electrons. The van der Waals surface area contributed by atoms with Crippen LogP contribution in [0.1, 0.15) is 43.7 Å². The smallest absolute Gasteiger partial charge is 0.317 e. The van der Waals surface area contributed by atoms with Crippen molar-refractivity contribution in [2.45, 2.75) is 50.5 Å². The molecule has 1 aliphatic heterocycles. The van der Waals surface area contributed by atoms with Gasteiger partial charge in [0.05, 0.1) is 6.10 Å². The van der Waals surface area contributed by atoms with Crippen LogP contribution in [0.3, 0.4) is 0 Å². The number of amides is 2. The van der Waals surface area contributed by atoms with Gasteiger partial charge in [-0.25, -0.2) is 4.79 Å². The minimum Gasteiger partial charge on any atom is -0.391 e. The van der Waals surface area contributed by atoms with E-state index in [1.165, 1.54) is 17.5 Å². The van der Waals surface area contributed by atoms with Crippen molar-refractivity contribution in [3.8, 4) is 0 Å². The lowest BCUT2D eigenvalue weighted by Gasteiger charge is -2.37. The zero-order valence-electron chi connectivity index (χ0n) is 13.3. The Morgan fingerprint density at radius 1 is 1.41 bits per heavy atom. The van der Waals surface area contributed by atoms with Gasteiger partial charge in [0.2, 0.25) is 0 Å². The Labute approximate surface area is 132 Å². The van der Waals surface area contributed by atoms with Crippen LogP contribution in [-0.4, -0.2) is 41.8 Å². The first-order valence-electron chi connectivity index (χ1n) is 8.38. The van der Waals surface area contributed by atoms with Crippen molar-refractivity contribution in [3.63, 3.8) is 0 Å². The largest absolute Gasteiger partial charge is 0.391 e. The molecule has 2 atom stereocenters. The van der Waals surface area contributed by atoms with Gasteiger partial charge in [0.25, 0.3) is 0 Å². The number of rotatable bonds is 2. The second-order valence-corrected chi connectivity index (χ2v) is 6.97. The van der Waals surface area contributed by atoms with E-state index in [1.54, 1.807) is 4.90 Å². The number of aliphatic hydroxyl groups is 1. The highest BCUT2D eigenvalue weighted by molar-refractivity contribution is 5.74. The van der Waals surface area contributed by atoms with Crippen LogP contribution in [0.2, 0.25) is 0 Å². The van der Waals surface area contributed by atoms with Gasteiger partial charge in [-0.2, -0.15) is 0 Å². The Kier molecular flexibility index (Phi) is 4.39. The second-order valence-electron chi connectivity index (χ2n) is 6.97. The van der Waals surface area contributed by atoms with E-state index in [0.29, 0.717) is 13.1 Å². The quantitative estimate of drug-likeness (QED) is 0.881. The first-order chi connectivity index (χ1) is 10.6. The molecule has 1 aliphatic carbocycles. The monoisotopic (exact) mass is 302 g/mol. The standard InChI is InChI=1S/C18H26N2O2/c1-18(10-4-7-14-6-2-3-9-16(14)18)13-19-17(22)20-11-5-8-15(21)12-20/h2-3,6,9,15,21H,4-5,7-8,10-13H2,1H3,(H,19,22). The van der Waals surface area contributed by atoms with Crippen molar-refractivity contribution in [3.05, 3.63) is 35.4 Å². The molecule has 0 saturated carbocycles. The number of likely N-dealkylation sites (tertiary alicyclic amines) is 1. The molecule has 1 heterocycles. The van der Waals surface area contributed by atoms with Crippen LogP contribution >= 0.6 is 0 Å². The van der Waals surface area contributed by atoms with Gasteiger partial charge < -0.3 is 15.3 Å². The third kappa shape index (κ3) is 3.12. The Hall–Kier alpha value is -1.55. The van der Waals surface area contributed by atoms with Gasteiger partial charge in [0, 0.05) is 25.0 Å². The summed E-state index contributed by atoms with van der Waals surface area (Å²) in [6.07, 6.45) is 4.73. The topological polar surface area (TPSA) is 52.6 Å². The zero-order valence-corrected chi connectivity index (χ0v) is 13.3. The maximum Gasteiger partial charge on any atom is 0.317 e. The van der Waals surface area contributed by atoms with E-state index in [0.717, 1.165) is 32.2 Å². The Balaban J connectivity index is 1.65. The molecular weight excluding hydrogens is 276 g/mol. The van der Waals surface area contributed by atoms with E-state index in [2.05, 4.69) is 36.5 Å². The van der Waals surface area contributed by atoms with E-state index >= 15 is 0 Å². The Bertz CT molecular complexity index is 546. The van der Waals surface area contributed by atoms with Gasteiger partial charge in [0.15, 0.2) is 0 Å². The Morgan fingerprint density at radius 3 is 3.05 bits per heavy atom. The van der Waals surface area contributed by atoms with Crippen molar-refractivity contribution >= 4 is 6.03 Å². The number of fused-ring (bicyclic) bond motifs is 1. The predicted molar refractivity (Wildman–Crippen MR) is 86.9 cm³/mol. The van der Waals surface area contributed by atoms with Crippen LogP contribution in [0.4, 0.5) is 4.79 Å². The van der Waals surface area contributed by atoms with Crippen LogP contribution in [0.5, 0.6) is 0 Å². The molecule has 2 unspecified atom stereocenters. The number of nitrogens with one attached hydrogen (secondary N) is 1. The molecule has 4 heteroatoms. The van der Waals surface area contributed by atoms with Crippen LogP contribution in [0, 0.1) is 0 Å². The summed E-state index contributed by atoms with van der Waals surface area (Å²) in [6.45, 7) is 4.11. The van der Waals surface area contributed by atoms with Gasteiger partial charge >= 0.3 is 6.03 Å². The average molecular weight is 302 g/mol. The molecule has 3 rings (SSSR count). The van der Waals surface area contributed by atoms with E-state index in [-0.39, 0.29) is 17.6 Å². The van der Waals surface area contributed by atoms with Crippen molar-refractivity contribution < 1.29 is 9.90 Å². The second kappa shape index (κ2) is 6.29. The SMILES string of the molecule is CC1(CNC(=O)N2CCCC(O)C2)CCCc2ccccc21. The number of hydrogen-bond donors (Lipinski definition) is 2. The van der Waals surface area contributed by atoms with Crippen LogP contribution in [0.25, 0.3) is 0 Å². The number of aliphatic hydroxyl groups excluding tert-OH is 1. The van der Waals surface area contributed by atoms with E-state index in [1.807, 2.05) is 0 Å². The number of piperidine rings is 1. The number of benzene rings is 1. The number of aryl methyl sites for hydroxylation is 1. The molecule has 0 aromatic heterocycles. The van der Waals surface area contributed by atoms with Crippen LogP contribution < -0.4 is 5.32 Å². The summed E-state index contributed by atoms with van der Waals surface area (Å²) in [7, 11) is 0. The Morgan fingerprint density at radius 2 is 2.23 bits per heavy atom. The summed E-state index contributed by atoms with van der Waals surface area (Å²) in [4.78, 5) is 14.1. The maximum atomic E-state index is 12.3. The summed E-state index contributed by atoms with van der Waals surface area (Å²) in [5, 5.41) is 12.8. The molecule has 1 saturated heterocycles. The van der Waals surface area contributed by atoms with Gasteiger partial charge in [0.1, 0.15) is 0 Å². The van der Waals surface area contributed by atoms with Crippen molar-refractivity contribution in [2.75, 3.05) is 19.6 Å². The number of β-amino-alcohol motifs (C(OH)–C–C–N with tert-alkyl or cyclic N) is 1. The molecule has 1 aromatic carbocycles. The molecule has 22 heavy (non-hydrogen) atoms. The van der Waals surface area contributed by atoms with Gasteiger partial charge in [-0.05, 0) is 43.2 Å². The fourth-order valence-corrected chi connectivity index (χ4v) is 3.84. The van der Waals surface area contributed by atoms with Crippen molar-refractivity contribution in [2.24, 2.45) is 0 Å². The third-order valence-electron chi connectivity index (χ3n) is 5.16. The predicted octanol–water partition coefficient (Wildman–Crippen LogP) is 2.45. The van der Waals surface area contributed by atoms with Gasteiger partial charge in [-0.3, -0.25) is 0 Å². The molecule has 1 fully saturated rings. The number of carbonyl (C=O) groups is 1. The molecule has 2 N–H and O–H groups in total. The maximum absolute atomic E-state index is 12.3. The highest BCUT2D eigenvalue weighted by Crippen LogP contribution is 2.36. The lowest BCUT2D eigenvalue weighted by atomic mass is 9.71. The lowest BCUT2D eigenvalue weighted by molar-refractivity contribution is 0.0837. The highest BCUT2D eigenvalue weighted by Gasteiger charge is 2.33. The number of carbonyl (C=O) groups excluding carboxylic acids is 1. The molecule has 4 nitrogen and oxygen atoms in total. The molecule has 2 amide bonds. The molecule has 120 valence electrons. The first kappa shape index (κ1) is 15.3. The molecule has 1 aromatic rings. The molecule has 2 aliphatic rings. The zero-order chi connectivity index (χ0) is 15.6. The normalized spacial score (nSPS) is 28.1. The van der Waals surface area contributed by atoms with E-state index < -0.39 is 0 Å². The van der Waals surface area contributed by atoms with Crippen LogP contribution in [-0.2, 0) is 11.8 Å². The number of nitrogens with zero attached hydrogens (tertiary/aromatic N) is 1. The van der Waals surface area contributed by atoms with Crippen molar-refractivity contribution in [1.82, 2.24) is 10.2 Å². The number of hydrogen-bond acceptors (Lipinski definition) is 2. The number of urea groups is 1. The third-order valence-corrected chi connectivity index (χ3v) is 5.16. The lowest BCUT2D eigenvalue weighted by Crippen LogP contribution is -2.50. The fraction of sp³-hybridized carbons (Fsp3) is 0.611. The summed E-state index contributed by atoms with van der Waals surface area (Å²) in [5.74, 6) is 0. The van der Waals surface area contributed by atoms with Gasteiger partial charge in [-0.1, -0.05) is 31.2 Å². The van der Waals surface area contributed by atoms with Crippen LogP contribution in [0.15, 0.2) is 24.3 Å². The molecule has 0 bridgehead atoms. The van der Waals surface area contributed by atoms with E-state index in [9.17, 15) is 9.90 Å². The average Bonchev–Trinajstić information content (AvgIpc) is 2.53.